The van der Waals surface area contributed by atoms with Gasteiger partial charge >= 0.3 is 0 Å². The van der Waals surface area contributed by atoms with Crippen molar-refractivity contribution in [2.75, 3.05) is 5.73 Å². The van der Waals surface area contributed by atoms with Gasteiger partial charge in [-0.25, -0.2) is 15.0 Å². The van der Waals surface area contributed by atoms with E-state index in [9.17, 15) is 4.79 Å². The number of aromatic nitrogens is 3. The van der Waals surface area contributed by atoms with E-state index in [0.717, 1.165) is 27.4 Å². The molecule has 1 aromatic carbocycles. The van der Waals surface area contributed by atoms with E-state index in [1.165, 1.54) is 24.2 Å². The fourth-order valence-corrected chi connectivity index (χ4v) is 3.77. The van der Waals surface area contributed by atoms with Crippen molar-refractivity contribution in [3.05, 3.63) is 57.7 Å². The van der Waals surface area contributed by atoms with Crippen LogP contribution in [-0.2, 0) is 6.54 Å². The molecule has 6 nitrogen and oxygen atoms in total. The average Bonchev–Trinajstić information content (AvgIpc) is 3.37. The van der Waals surface area contributed by atoms with Crippen molar-refractivity contribution in [1.29, 1.82) is 0 Å². The third kappa shape index (κ3) is 3.57. The lowest BCUT2D eigenvalue weighted by atomic mass is 10.0. The monoisotopic (exact) mass is 365 g/mol. The van der Waals surface area contributed by atoms with Gasteiger partial charge in [-0.05, 0) is 43.0 Å². The number of carbonyl (C=O) groups excluding carboxylic acids is 1. The van der Waals surface area contributed by atoms with Gasteiger partial charge in [-0.15, -0.1) is 11.3 Å². The van der Waals surface area contributed by atoms with Crippen LogP contribution in [0.25, 0.3) is 11.3 Å². The summed E-state index contributed by atoms with van der Waals surface area (Å²) in [7, 11) is 0. The van der Waals surface area contributed by atoms with Crippen LogP contribution in [0.15, 0.2) is 36.7 Å². The molecular formula is C19H19N5OS. The molecule has 132 valence electrons. The Kier molecular flexibility index (Phi) is 4.38. The summed E-state index contributed by atoms with van der Waals surface area (Å²) < 4.78 is 0. The third-order valence-electron chi connectivity index (χ3n) is 4.43. The van der Waals surface area contributed by atoms with E-state index in [-0.39, 0.29) is 11.9 Å². The van der Waals surface area contributed by atoms with Gasteiger partial charge in [0.25, 0.3) is 5.91 Å². The molecule has 3 N–H and O–H groups in total. The molecule has 0 unspecified atom stereocenters. The Morgan fingerprint density at radius 1 is 1.31 bits per heavy atom. The number of benzene rings is 1. The van der Waals surface area contributed by atoms with Crippen LogP contribution in [0.1, 0.15) is 44.6 Å². The smallest absolute Gasteiger partial charge is 0.263 e. The molecule has 3 aromatic rings. The molecule has 26 heavy (non-hydrogen) atoms. The summed E-state index contributed by atoms with van der Waals surface area (Å²) in [4.78, 5) is 25.5. The number of aryl methyl sites for hydroxylation is 1. The molecule has 0 spiro atoms. The Labute approximate surface area is 155 Å². The van der Waals surface area contributed by atoms with Crippen LogP contribution in [0, 0.1) is 6.92 Å². The van der Waals surface area contributed by atoms with Gasteiger partial charge in [0.2, 0.25) is 5.95 Å². The second kappa shape index (κ2) is 6.84. The predicted octanol–water partition coefficient (Wildman–Crippen LogP) is 3.30. The fourth-order valence-electron chi connectivity index (χ4n) is 2.76. The largest absolute Gasteiger partial charge is 0.368 e. The topological polar surface area (TPSA) is 93.8 Å². The number of thiazole rings is 1. The summed E-state index contributed by atoms with van der Waals surface area (Å²) in [6.07, 6.45) is 5.71. The SMILES string of the molecule is Cc1cc(-c2ccnc(N)n2)ccc1CNC(=O)c1cnc(C2CC2)s1. The van der Waals surface area contributed by atoms with Gasteiger partial charge in [-0.2, -0.15) is 0 Å². The molecule has 0 saturated heterocycles. The van der Waals surface area contributed by atoms with Crippen LogP contribution < -0.4 is 11.1 Å². The van der Waals surface area contributed by atoms with E-state index in [2.05, 4.69) is 20.3 Å². The van der Waals surface area contributed by atoms with Crippen LogP contribution in [-0.4, -0.2) is 20.9 Å². The molecule has 1 amide bonds. The lowest BCUT2D eigenvalue weighted by Gasteiger charge is -2.09. The predicted molar refractivity (Wildman–Crippen MR) is 102 cm³/mol. The Morgan fingerprint density at radius 3 is 2.88 bits per heavy atom. The maximum atomic E-state index is 12.3. The standard InChI is InChI=1S/C19H19N5OS/c1-11-8-13(15-6-7-21-19(20)24-15)4-5-14(11)9-22-17(25)16-10-23-18(26-16)12-2-3-12/h4-8,10,12H,2-3,9H2,1H3,(H,22,25)(H2,20,21,24). The molecule has 0 bridgehead atoms. The van der Waals surface area contributed by atoms with Gasteiger partial charge in [0.05, 0.1) is 16.9 Å². The van der Waals surface area contributed by atoms with E-state index in [1.54, 1.807) is 12.4 Å². The van der Waals surface area contributed by atoms with E-state index in [1.807, 2.05) is 31.2 Å². The second-order valence-electron chi connectivity index (χ2n) is 6.46. The van der Waals surface area contributed by atoms with Gasteiger partial charge in [0.1, 0.15) is 4.88 Å². The molecule has 0 aliphatic heterocycles. The Morgan fingerprint density at radius 2 is 2.15 bits per heavy atom. The Hall–Kier alpha value is -2.80. The maximum absolute atomic E-state index is 12.3. The summed E-state index contributed by atoms with van der Waals surface area (Å²) in [5.74, 6) is 0.764. The summed E-state index contributed by atoms with van der Waals surface area (Å²) in [6.45, 7) is 2.50. The first-order valence-corrected chi connectivity index (χ1v) is 9.34. The highest BCUT2D eigenvalue weighted by Gasteiger charge is 2.27. The highest BCUT2D eigenvalue weighted by Crippen LogP contribution is 2.41. The minimum absolute atomic E-state index is 0.0681. The van der Waals surface area contributed by atoms with Crippen LogP contribution in [0.4, 0.5) is 5.95 Å². The van der Waals surface area contributed by atoms with Crippen molar-refractivity contribution < 1.29 is 4.79 Å². The molecule has 0 radical (unpaired) electrons. The molecule has 2 heterocycles. The maximum Gasteiger partial charge on any atom is 0.263 e. The Bertz CT molecular complexity index is 964. The average molecular weight is 365 g/mol. The number of hydrogen-bond donors (Lipinski definition) is 2. The van der Waals surface area contributed by atoms with Gasteiger partial charge in [0, 0.05) is 24.2 Å². The number of amides is 1. The molecule has 4 rings (SSSR count). The lowest BCUT2D eigenvalue weighted by Crippen LogP contribution is -2.22. The van der Waals surface area contributed by atoms with E-state index >= 15 is 0 Å². The van der Waals surface area contributed by atoms with E-state index < -0.39 is 0 Å². The number of rotatable bonds is 5. The van der Waals surface area contributed by atoms with E-state index in [0.29, 0.717) is 17.3 Å². The van der Waals surface area contributed by atoms with Gasteiger partial charge < -0.3 is 11.1 Å². The highest BCUT2D eigenvalue weighted by atomic mass is 32.1. The first-order chi connectivity index (χ1) is 12.6. The zero-order chi connectivity index (χ0) is 18.1. The van der Waals surface area contributed by atoms with Crippen molar-refractivity contribution in [3.63, 3.8) is 0 Å². The van der Waals surface area contributed by atoms with Crippen molar-refractivity contribution in [3.8, 4) is 11.3 Å². The second-order valence-corrected chi connectivity index (χ2v) is 7.52. The van der Waals surface area contributed by atoms with E-state index in [4.69, 9.17) is 5.73 Å². The first kappa shape index (κ1) is 16.7. The van der Waals surface area contributed by atoms with Crippen LogP contribution in [0.2, 0.25) is 0 Å². The highest BCUT2D eigenvalue weighted by molar-refractivity contribution is 7.13. The number of anilines is 1. The zero-order valence-electron chi connectivity index (χ0n) is 14.4. The van der Waals surface area contributed by atoms with Crippen molar-refractivity contribution in [2.24, 2.45) is 0 Å². The fraction of sp³-hybridized carbons (Fsp3) is 0.263. The van der Waals surface area contributed by atoms with Crippen molar-refractivity contribution in [2.45, 2.75) is 32.2 Å². The number of nitrogens with zero attached hydrogens (tertiary/aromatic N) is 3. The summed E-state index contributed by atoms with van der Waals surface area (Å²) in [5, 5.41) is 4.07. The minimum Gasteiger partial charge on any atom is -0.368 e. The molecule has 1 fully saturated rings. The molecular weight excluding hydrogens is 346 g/mol. The number of hydrogen-bond acceptors (Lipinski definition) is 6. The first-order valence-electron chi connectivity index (χ1n) is 8.52. The summed E-state index contributed by atoms with van der Waals surface area (Å²) in [5.41, 5.74) is 9.56. The number of carbonyl (C=O) groups is 1. The van der Waals surface area contributed by atoms with Crippen LogP contribution in [0.3, 0.4) is 0 Å². The third-order valence-corrected chi connectivity index (χ3v) is 5.58. The molecule has 1 saturated carbocycles. The van der Waals surface area contributed by atoms with Crippen LogP contribution in [0.5, 0.6) is 0 Å². The quantitative estimate of drug-likeness (QED) is 0.723. The van der Waals surface area contributed by atoms with Gasteiger partial charge in [-0.1, -0.05) is 12.1 Å². The lowest BCUT2D eigenvalue weighted by molar-refractivity contribution is 0.0954. The summed E-state index contributed by atoms with van der Waals surface area (Å²) >= 11 is 1.50. The minimum atomic E-state index is -0.0681. The number of nitrogens with one attached hydrogen (secondary N) is 1. The van der Waals surface area contributed by atoms with Crippen molar-refractivity contribution in [1.82, 2.24) is 20.3 Å². The zero-order valence-corrected chi connectivity index (χ0v) is 15.2. The molecule has 1 aliphatic carbocycles. The number of nitrogens with two attached hydrogens (primary N) is 1. The molecule has 2 aromatic heterocycles. The number of nitrogen functional groups attached to an aromatic ring is 1. The molecule has 1 aliphatic rings. The van der Waals surface area contributed by atoms with Gasteiger partial charge in [-0.3, -0.25) is 4.79 Å². The van der Waals surface area contributed by atoms with Crippen LogP contribution >= 0.6 is 11.3 Å². The molecule has 7 heteroatoms. The van der Waals surface area contributed by atoms with Crippen molar-refractivity contribution >= 4 is 23.2 Å². The summed E-state index contributed by atoms with van der Waals surface area (Å²) in [6, 6.07) is 7.86. The van der Waals surface area contributed by atoms with Gasteiger partial charge in [0.15, 0.2) is 0 Å². The molecule has 0 atom stereocenters. The normalized spacial score (nSPS) is 13.6. The Balaban J connectivity index is 1.43.